The highest BCUT2D eigenvalue weighted by Crippen LogP contribution is 2.31. The van der Waals surface area contributed by atoms with Gasteiger partial charge in [0.15, 0.2) is 0 Å². The molecule has 0 fully saturated rings. The molecule has 31 heavy (non-hydrogen) atoms. The number of carbonyl (C=O) groups excluding carboxylic acids is 1. The minimum atomic E-state index is -0.258. The van der Waals surface area contributed by atoms with E-state index in [4.69, 9.17) is 4.74 Å². The van der Waals surface area contributed by atoms with Gasteiger partial charge in [0.2, 0.25) is 0 Å². The van der Waals surface area contributed by atoms with Crippen LogP contribution in [-0.4, -0.2) is 73.8 Å². The summed E-state index contributed by atoms with van der Waals surface area (Å²) in [5.74, 6) is 0.622. The summed E-state index contributed by atoms with van der Waals surface area (Å²) in [6, 6.07) is 15.9. The quantitative estimate of drug-likeness (QED) is 0.739. The number of hydrogen-bond donors (Lipinski definition) is 1. The van der Waals surface area contributed by atoms with Crippen LogP contribution < -0.4 is 9.64 Å². The Hall–Kier alpha value is -2.57. The molecule has 1 N–H and O–H groups in total. The summed E-state index contributed by atoms with van der Waals surface area (Å²) in [5, 5.41) is 9.78. The van der Waals surface area contributed by atoms with Crippen LogP contribution in [0.3, 0.4) is 0 Å². The molecule has 1 amide bonds. The number of likely N-dealkylation sites (N-methyl/N-ethyl adjacent to an activating group) is 1. The van der Waals surface area contributed by atoms with Gasteiger partial charge in [0.25, 0.3) is 5.91 Å². The minimum absolute atomic E-state index is 0.0689. The maximum atomic E-state index is 13.4. The van der Waals surface area contributed by atoms with E-state index in [0.29, 0.717) is 17.9 Å². The van der Waals surface area contributed by atoms with Gasteiger partial charge >= 0.3 is 0 Å². The first-order chi connectivity index (χ1) is 14.8. The maximum Gasteiger partial charge on any atom is 0.258 e. The summed E-state index contributed by atoms with van der Waals surface area (Å²) in [5.41, 5.74) is 2.75. The molecule has 6 heteroatoms. The lowest BCUT2D eigenvalue weighted by molar-refractivity contribution is 0.0341. The number of nitrogens with zero attached hydrogens (tertiary/aromatic N) is 3. The van der Waals surface area contributed by atoms with Crippen molar-refractivity contribution in [1.82, 2.24) is 9.80 Å². The number of fused-ring (bicyclic) bond motifs is 1. The van der Waals surface area contributed by atoms with Crippen LogP contribution >= 0.6 is 0 Å². The average Bonchev–Trinajstić information content (AvgIpc) is 2.75. The molecule has 0 saturated heterocycles. The highest BCUT2D eigenvalue weighted by Gasteiger charge is 2.33. The Kier molecular flexibility index (Phi) is 7.57. The Morgan fingerprint density at radius 3 is 2.52 bits per heavy atom. The van der Waals surface area contributed by atoms with Crippen LogP contribution in [0.5, 0.6) is 5.75 Å². The molecule has 0 radical (unpaired) electrons. The molecule has 0 saturated carbocycles. The first-order valence-corrected chi connectivity index (χ1v) is 10.9. The van der Waals surface area contributed by atoms with Crippen LogP contribution in [0.25, 0.3) is 0 Å². The number of benzene rings is 2. The Labute approximate surface area is 186 Å². The summed E-state index contributed by atoms with van der Waals surface area (Å²) < 4.78 is 6.45. The lowest BCUT2D eigenvalue weighted by Gasteiger charge is -2.38. The van der Waals surface area contributed by atoms with E-state index in [-0.39, 0.29) is 30.6 Å². The van der Waals surface area contributed by atoms with Crippen molar-refractivity contribution in [2.75, 3.05) is 45.7 Å². The van der Waals surface area contributed by atoms with Crippen molar-refractivity contribution < 1.29 is 14.6 Å². The predicted octanol–water partition coefficient (Wildman–Crippen LogP) is 3.10. The molecular weight excluding hydrogens is 390 g/mol. The first-order valence-electron chi connectivity index (χ1n) is 10.9. The molecule has 6 nitrogen and oxygen atoms in total. The van der Waals surface area contributed by atoms with E-state index >= 15 is 0 Å². The third kappa shape index (κ3) is 5.57. The van der Waals surface area contributed by atoms with Gasteiger partial charge in [-0.2, -0.15) is 0 Å². The van der Waals surface area contributed by atoms with E-state index < -0.39 is 0 Å². The van der Waals surface area contributed by atoms with E-state index in [2.05, 4.69) is 43.1 Å². The van der Waals surface area contributed by atoms with Gasteiger partial charge in [-0.15, -0.1) is 0 Å². The monoisotopic (exact) mass is 425 g/mol. The third-order valence-corrected chi connectivity index (χ3v) is 5.95. The van der Waals surface area contributed by atoms with Gasteiger partial charge in [-0.05, 0) is 37.7 Å². The molecule has 1 aliphatic rings. The zero-order chi connectivity index (χ0) is 22.5. The predicted molar refractivity (Wildman–Crippen MR) is 125 cm³/mol. The molecule has 0 aromatic heterocycles. The van der Waals surface area contributed by atoms with Crippen molar-refractivity contribution in [2.45, 2.75) is 32.5 Å². The Morgan fingerprint density at radius 2 is 1.87 bits per heavy atom. The van der Waals surface area contributed by atoms with E-state index in [0.717, 1.165) is 18.8 Å². The second-order valence-corrected chi connectivity index (χ2v) is 8.88. The molecular formula is C25H35N3O3. The zero-order valence-corrected chi connectivity index (χ0v) is 19.3. The van der Waals surface area contributed by atoms with Gasteiger partial charge in [0.05, 0.1) is 18.2 Å². The standard InChI is InChI=1S/C25H35N3O3/c1-18-14-28(19(2)17-29)25(30)22-13-21(26(3)4)11-12-23(22)31-24(18)16-27(5)15-20-9-7-6-8-10-20/h6-13,18-19,24,29H,14-17H2,1-5H3/t18-,19-,24-/m0/s1. The summed E-state index contributed by atoms with van der Waals surface area (Å²) in [4.78, 5) is 19.4. The van der Waals surface area contributed by atoms with Crippen LogP contribution in [0.1, 0.15) is 29.8 Å². The van der Waals surface area contributed by atoms with Crippen LogP contribution in [0.15, 0.2) is 48.5 Å². The van der Waals surface area contributed by atoms with Gasteiger partial charge in [0.1, 0.15) is 11.9 Å². The molecule has 2 aromatic rings. The van der Waals surface area contributed by atoms with Crippen LogP contribution in [0.4, 0.5) is 5.69 Å². The van der Waals surface area contributed by atoms with Crippen molar-refractivity contribution in [2.24, 2.45) is 5.92 Å². The molecule has 0 unspecified atom stereocenters. The van der Waals surface area contributed by atoms with Crippen molar-refractivity contribution in [3.63, 3.8) is 0 Å². The summed E-state index contributed by atoms with van der Waals surface area (Å²) in [6.07, 6.45) is -0.0841. The van der Waals surface area contributed by atoms with E-state index in [1.165, 1.54) is 5.56 Å². The Bertz CT molecular complexity index is 872. The number of amides is 1. The minimum Gasteiger partial charge on any atom is -0.488 e. The molecule has 0 bridgehead atoms. The molecule has 168 valence electrons. The number of carbonyl (C=O) groups is 1. The smallest absolute Gasteiger partial charge is 0.258 e. The number of anilines is 1. The van der Waals surface area contributed by atoms with Crippen molar-refractivity contribution >= 4 is 11.6 Å². The summed E-state index contributed by atoms with van der Waals surface area (Å²) in [7, 11) is 6.00. The molecule has 1 aliphatic heterocycles. The fourth-order valence-corrected chi connectivity index (χ4v) is 3.97. The number of rotatable bonds is 7. The number of aliphatic hydroxyl groups is 1. The topological polar surface area (TPSA) is 56.3 Å². The maximum absolute atomic E-state index is 13.4. The van der Waals surface area contributed by atoms with Gasteiger partial charge in [-0.3, -0.25) is 9.69 Å². The Balaban J connectivity index is 1.89. The van der Waals surface area contributed by atoms with Crippen molar-refractivity contribution in [3.8, 4) is 5.75 Å². The number of aliphatic hydroxyl groups excluding tert-OH is 1. The van der Waals surface area contributed by atoms with E-state index in [1.807, 2.05) is 50.2 Å². The van der Waals surface area contributed by atoms with Gasteiger partial charge in [-0.25, -0.2) is 0 Å². The fourth-order valence-electron chi connectivity index (χ4n) is 3.97. The zero-order valence-electron chi connectivity index (χ0n) is 19.3. The Morgan fingerprint density at radius 1 is 1.16 bits per heavy atom. The average molecular weight is 426 g/mol. The second-order valence-electron chi connectivity index (χ2n) is 8.88. The fraction of sp³-hybridized carbons (Fsp3) is 0.480. The lowest BCUT2D eigenvalue weighted by Crippen LogP contribution is -2.49. The van der Waals surface area contributed by atoms with Gasteiger partial charge in [-0.1, -0.05) is 37.3 Å². The highest BCUT2D eigenvalue weighted by molar-refractivity contribution is 5.98. The van der Waals surface area contributed by atoms with Crippen LogP contribution in [0, 0.1) is 5.92 Å². The van der Waals surface area contributed by atoms with Gasteiger partial charge < -0.3 is 19.6 Å². The molecule has 0 spiro atoms. The van der Waals surface area contributed by atoms with Crippen molar-refractivity contribution in [1.29, 1.82) is 0 Å². The highest BCUT2D eigenvalue weighted by atomic mass is 16.5. The molecule has 2 aromatic carbocycles. The largest absolute Gasteiger partial charge is 0.488 e. The van der Waals surface area contributed by atoms with Gasteiger partial charge in [0, 0.05) is 45.3 Å². The molecule has 1 heterocycles. The lowest BCUT2D eigenvalue weighted by atomic mass is 9.99. The molecule has 3 atom stereocenters. The summed E-state index contributed by atoms with van der Waals surface area (Å²) in [6.45, 7) is 6.04. The number of hydrogen-bond acceptors (Lipinski definition) is 5. The SMILES string of the molecule is C[C@H]1CN([C@@H](C)CO)C(=O)c2cc(N(C)C)ccc2O[C@H]1CN(C)Cc1ccccc1. The van der Waals surface area contributed by atoms with Crippen molar-refractivity contribution in [3.05, 3.63) is 59.7 Å². The van der Waals surface area contributed by atoms with E-state index in [1.54, 1.807) is 4.90 Å². The van der Waals surface area contributed by atoms with Crippen LogP contribution in [0.2, 0.25) is 0 Å². The molecule has 0 aliphatic carbocycles. The number of ether oxygens (including phenoxy) is 1. The summed E-state index contributed by atoms with van der Waals surface area (Å²) >= 11 is 0. The third-order valence-electron chi connectivity index (χ3n) is 5.95. The van der Waals surface area contributed by atoms with Crippen LogP contribution in [-0.2, 0) is 6.54 Å². The molecule has 3 rings (SSSR count). The second kappa shape index (κ2) is 10.2. The first kappa shape index (κ1) is 23.1. The van der Waals surface area contributed by atoms with E-state index in [9.17, 15) is 9.90 Å². The normalized spacial score (nSPS) is 20.0.